The quantitative estimate of drug-likeness (QED) is 0.676. The largest absolute Gasteiger partial charge is 0.476 e. The highest BCUT2D eigenvalue weighted by Crippen LogP contribution is 1.94. The Morgan fingerprint density at radius 3 is 2.58 bits per heavy atom. The molecule has 1 atom stereocenters. The number of carbonyl (C=O) groups is 3. The molecule has 104 valence electrons. The van der Waals surface area contributed by atoms with Gasteiger partial charge in [-0.3, -0.25) is 9.59 Å². The van der Waals surface area contributed by atoms with Crippen LogP contribution in [0.25, 0.3) is 0 Å². The second kappa shape index (κ2) is 5.94. The summed E-state index contributed by atoms with van der Waals surface area (Å²) in [5.74, 6) is -1.91. The number of nitrogens with one attached hydrogen (secondary N) is 1. The lowest BCUT2D eigenvalue weighted by molar-refractivity contribution is -0.134. The summed E-state index contributed by atoms with van der Waals surface area (Å²) < 4.78 is 1.09. The average molecular weight is 269 g/mol. The Kier molecular flexibility index (Phi) is 4.56. The summed E-state index contributed by atoms with van der Waals surface area (Å²) in [4.78, 5) is 35.1. The molecule has 0 fully saturated rings. The number of rotatable bonds is 5. The molecule has 0 aromatic carbocycles. The monoisotopic (exact) mass is 269 g/mol. The summed E-state index contributed by atoms with van der Waals surface area (Å²) in [5.41, 5.74) is -0.245. The third-order valence-corrected chi connectivity index (χ3v) is 2.25. The smallest absolute Gasteiger partial charge is 0.358 e. The van der Waals surface area contributed by atoms with Crippen LogP contribution in [-0.2, 0) is 16.1 Å². The zero-order valence-electron chi connectivity index (χ0n) is 10.8. The Bertz CT molecular complexity index is 496. The average Bonchev–Trinajstić information content (AvgIpc) is 2.76. The van der Waals surface area contributed by atoms with E-state index in [1.165, 1.54) is 4.90 Å². The van der Waals surface area contributed by atoms with E-state index in [4.69, 9.17) is 5.11 Å². The molecular formula is C10H15N5O4. The molecule has 1 unspecified atom stereocenters. The maximum absolute atomic E-state index is 11.6. The van der Waals surface area contributed by atoms with Gasteiger partial charge in [0.25, 0.3) is 0 Å². The Hall–Kier alpha value is -2.45. The first-order chi connectivity index (χ1) is 8.81. The molecular weight excluding hydrogens is 254 g/mol. The predicted octanol–water partition coefficient (Wildman–Crippen LogP) is -1.43. The minimum Gasteiger partial charge on any atom is -0.476 e. The molecule has 9 heteroatoms. The summed E-state index contributed by atoms with van der Waals surface area (Å²) in [6, 6.07) is -0.662. The van der Waals surface area contributed by atoms with Gasteiger partial charge < -0.3 is 15.3 Å². The van der Waals surface area contributed by atoms with Gasteiger partial charge in [-0.2, -0.15) is 0 Å². The molecule has 0 aliphatic carbocycles. The zero-order valence-corrected chi connectivity index (χ0v) is 10.8. The molecule has 0 spiro atoms. The number of carboxylic acids is 1. The number of carbonyl (C=O) groups excluding carboxylic acids is 2. The maximum atomic E-state index is 11.6. The lowest BCUT2D eigenvalue weighted by Crippen LogP contribution is -2.45. The molecule has 1 aromatic heterocycles. The fraction of sp³-hybridized carbons (Fsp3) is 0.500. The Balaban J connectivity index is 2.55. The standard InChI is InChI=1S/C10H15N5O4/c1-6(9(17)14(2)3)11-8(16)5-15-4-7(10(18)19)12-13-15/h4,6H,5H2,1-3H3,(H,11,16)(H,18,19). The van der Waals surface area contributed by atoms with Crippen LogP contribution in [0.15, 0.2) is 6.20 Å². The molecule has 0 aliphatic heterocycles. The number of hydrogen-bond donors (Lipinski definition) is 2. The van der Waals surface area contributed by atoms with Gasteiger partial charge in [0.1, 0.15) is 12.6 Å². The van der Waals surface area contributed by atoms with Crippen molar-refractivity contribution in [2.75, 3.05) is 14.1 Å². The number of amides is 2. The van der Waals surface area contributed by atoms with Gasteiger partial charge in [-0.25, -0.2) is 9.48 Å². The van der Waals surface area contributed by atoms with E-state index in [0.717, 1.165) is 10.9 Å². The highest BCUT2D eigenvalue weighted by atomic mass is 16.4. The van der Waals surface area contributed by atoms with Crippen molar-refractivity contribution in [2.45, 2.75) is 19.5 Å². The molecule has 1 rings (SSSR count). The van der Waals surface area contributed by atoms with Crippen LogP contribution in [0, 0.1) is 0 Å². The van der Waals surface area contributed by atoms with Crippen molar-refractivity contribution in [3.63, 3.8) is 0 Å². The highest BCUT2D eigenvalue weighted by Gasteiger charge is 2.18. The lowest BCUT2D eigenvalue weighted by Gasteiger charge is -2.17. The van der Waals surface area contributed by atoms with Crippen molar-refractivity contribution in [1.82, 2.24) is 25.2 Å². The fourth-order valence-electron chi connectivity index (χ4n) is 1.36. The Morgan fingerprint density at radius 1 is 1.47 bits per heavy atom. The number of hydrogen-bond acceptors (Lipinski definition) is 5. The first-order valence-electron chi connectivity index (χ1n) is 5.45. The first-order valence-corrected chi connectivity index (χ1v) is 5.45. The SMILES string of the molecule is CC(NC(=O)Cn1cc(C(=O)O)nn1)C(=O)N(C)C. The van der Waals surface area contributed by atoms with Gasteiger partial charge in [0.2, 0.25) is 11.8 Å². The van der Waals surface area contributed by atoms with Gasteiger partial charge in [-0.1, -0.05) is 5.21 Å². The minimum atomic E-state index is -1.22. The summed E-state index contributed by atoms with van der Waals surface area (Å²) >= 11 is 0. The third-order valence-electron chi connectivity index (χ3n) is 2.25. The number of likely N-dealkylation sites (N-methyl/N-ethyl adjacent to an activating group) is 1. The van der Waals surface area contributed by atoms with E-state index in [1.54, 1.807) is 21.0 Å². The Labute approximate surface area is 109 Å². The number of aromatic nitrogens is 3. The van der Waals surface area contributed by atoms with Crippen molar-refractivity contribution >= 4 is 17.8 Å². The van der Waals surface area contributed by atoms with Crippen molar-refractivity contribution < 1.29 is 19.5 Å². The van der Waals surface area contributed by atoms with E-state index in [9.17, 15) is 14.4 Å². The summed E-state index contributed by atoms with van der Waals surface area (Å²) in [5, 5.41) is 18.0. The molecule has 0 aliphatic rings. The predicted molar refractivity (Wildman–Crippen MR) is 63.3 cm³/mol. The summed E-state index contributed by atoms with van der Waals surface area (Å²) in [6.45, 7) is 1.36. The second-order valence-electron chi connectivity index (χ2n) is 4.13. The van der Waals surface area contributed by atoms with Crippen LogP contribution in [0.1, 0.15) is 17.4 Å². The molecule has 1 heterocycles. The van der Waals surface area contributed by atoms with Crippen LogP contribution in [-0.4, -0.2) is 62.9 Å². The van der Waals surface area contributed by atoms with Crippen molar-refractivity contribution in [1.29, 1.82) is 0 Å². The Morgan fingerprint density at radius 2 is 2.11 bits per heavy atom. The molecule has 9 nitrogen and oxygen atoms in total. The second-order valence-corrected chi connectivity index (χ2v) is 4.13. The van der Waals surface area contributed by atoms with E-state index in [-0.39, 0.29) is 18.1 Å². The molecule has 19 heavy (non-hydrogen) atoms. The van der Waals surface area contributed by atoms with Crippen LogP contribution < -0.4 is 5.32 Å². The lowest BCUT2D eigenvalue weighted by atomic mass is 10.3. The van der Waals surface area contributed by atoms with Crippen LogP contribution in [0.3, 0.4) is 0 Å². The molecule has 1 aromatic rings. The minimum absolute atomic E-state index is 0.203. The van der Waals surface area contributed by atoms with Crippen molar-refractivity contribution in [3.8, 4) is 0 Å². The molecule has 0 saturated heterocycles. The molecule has 0 radical (unpaired) electrons. The highest BCUT2D eigenvalue weighted by molar-refractivity contribution is 5.87. The van der Waals surface area contributed by atoms with Crippen LogP contribution in [0.4, 0.5) is 0 Å². The van der Waals surface area contributed by atoms with Gasteiger partial charge in [0.15, 0.2) is 5.69 Å². The summed E-state index contributed by atoms with van der Waals surface area (Å²) in [6.07, 6.45) is 1.14. The van der Waals surface area contributed by atoms with Crippen LogP contribution in [0.2, 0.25) is 0 Å². The topological polar surface area (TPSA) is 117 Å². The van der Waals surface area contributed by atoms with Gasteiger partial charge in [-0.15, -0.1) is 5.10 Å². The number of carboxylic acid groups (broad SMARTS) is 1. The number of aromatic carboxylic acids is 1. The third kappa shape index (κ3) is 4.05. The van der Waals surface area contributed by atoms with Crippen molar-refractivity contribution in [3.05, 3.63) is 11.9 Å². The van der Waals surface area contributed by atoms with Gasteiger partial charge in [0, 0.05) is 14.1 Å². The number of nitrogens with zero attached hydrogens (tertiary/aromatic N) is 4. The fourth-order valence-corrected chi connectivity index (χ4v) is 1.36. The van der Waals surface area contributed by atoms with Gasteiger partial charge in [0.05, 0.1) is 6.20 Å². The molecule has 2 N–H and O–H groups in total. The van der Waals surface area contributed by atoms with Crippen LogP contribution >= 0.6 is 0 Å². The normalized spacial score (nSPS) is 11.7. The zero-order chi connectivity index (χ0) is 14.6. The van der Waals surface area contributed by atoms with E-state index in [2.05, 4.69) is 15.6 Å². The van der Waals surface area contributed by atoms with E-state index in [1.807, 2.05) is 0 Å². The molecule has 2 amide bonds. The van der Waals surface area contributed by atoms with E-state index >= 15 is 0 Å². The van der Waals surface area contributed by atoms with Gasteiger partial charge >= 0.3 is 5.97 Å². The van der Waals surface area contributed by atoms with E-state index in [0.29, 0.717) is 0 Å². The van der Waals surface area contributed by atoms with Gasteiger partial charge in [-0.05, 0) is 6.92 Å². The summed E-state index contributed by atoms with van der Waals surface area (Å²) in [7, 11) is 3.17. The van der Waals surface area contributed by atoms with E-state index < -0.39 is 17.9 Å². The molecule has 0 saturated carbocycles. The maximum Gasteiger partial charge on any atom is 0.358 e. The van der Waals surface area contributed by atoms with Crippen molar-refractivity contribution in [2.24, 2.45) is 0 Å². The van der Waals surface area contributed by atoms with Crippen LogP contribution in [0.5, 0.6) is 0 Å². The first kappa shape index (κ1) is 14.6. The molecule has 0 bridgehead atoms.